The molecule has 1 aliphatic heterocycles. The Kier molecular flexibility index (Phi) is 6.47. The monoisotopic (exact) mass is 431 g/mol. The number of nitrogens with zero attached hydrogens (tertiary/aromatic N) is 3. The molecule has 0 aliphatic carbocycles. The maximum Gasteiger partial charge on any atom is 0.311 e. The van der Waals surface area contributed by atoms with Crippen molar-refractivity contribution in [3.63, 3.8) is 0 Å². The molecule has 164 valence electrons. The molecule has 0 N–H and O–H groups in total. The van der Waals surface area contributed by atoms with E-state index in [-0.39, 0.29) is 17.2 Å². The number of nitro groups is 1. The lowest BCUT2D eigenvalue weighted by Gasteiger charge is -2.36. The van der Waals surface area contributed by atoms with Crippen LogP contribution in [0.1, 0.15) is 22.8 Å². The van der Waals surface area contributed by atoms with E-state index in [0.29, 0.717) is 11.3 Å². The van der Waals surface area contributed by atoms with Crippen LogP contribution < -0.4 is 9.64 Å². The summed E-state index contributed by atoms with van der Waals surface area (Å²) in [4.78, 5) is 27.2. The summed E-state index contributed by atoms with van der Waals surface area (Å²) in [5.41, 5.74) is 2.66. The highest BCUT2D eigenvalue weighted by atomic mass is 16.6. The molecular formula is C25H25N3O4. The van der Waals surface area contributed by atoms with Crippen LogP contribution in [0.2, 0.25) is 0 Å². The van der Waals surface area contributed by atoms with Crippen molar-refractivity contribution in [1.82, 2.24) is 4.90 Å². The smallest absolute Gasteiger partial charge is 0.311 e. The number of ether oxygens (including phenoxy) is 1. The Morgan fingerprint density at radius 1 is 0.969 bits per heavy atom. The standard InChI is InChI=1S/C25H25N3O4/c1-19(29)21-7-10-23(11-8-21)32-25-17-22(9-12-24(25)28(30)31)27-15-13-26(14-16-27)18-20-5-3-2-4-6-20/h2-12,17H,13-16,18H2,1H3. The van der Waals surface area contributed by atoms with Crippen molar-refractivity contribution in [2.24, 2.45) is 0 Å². The van der Waals surface area contributed by atoms with E-state index in [4.69, 9.17) is 4.74 Å². The normalized spacial score (nSPS) is 14.2. The van der Waals surface area contributed by atoms with Crippen molar-refractivity contribution in [3.05, 3.63) is 94.0 Å². The number of piperazine rings is 1. The van der Waals surface area contributed by atoms with E-state index in [1.54, 1.807) is 36.4 Å². The zero-order valence-electron chi connectivity index (χ0n) is 17.9. The van der Waals surface area contributed by atoms with Crippen molar-refractivity contribution >= 4 is 17.2 Å². The number of carbonyl (C=O) groups excluding carboxylic acids is 1. The SMILES string of the molecule is CC(=O)c1ccc(Oc2cc(N3CCN(Cc4ccccc4)CC3)ccc2[N+](=O)[O-])cc1. The van der Waals surface area contributed by atoms with Crippen molar-refractivity contribution in [1.29, 1.82) is 0 Å². The first-order chi connectivity index (χ1) is 15.5. The molecule has 4 rings (SSSR count). The van der Waals surface area contributed by atoms with Gasteiger partial charge in [0.15, 0.2) is 5.78 Å². The topological polar surface area (TPSA) is 75.9 Å². The van der Waals surface area contributed by atoms with Crippen LogP contribution in [-0.4, -0.2) is 41.8 Å². The lowest BCUT2D eigenvalue weighted by atomic mass is 10.1. The highest BCUT2D eigenvalue weighted by Gasteiger charge is 2.22. The van der Waals surface area contributed by atoms with Crippen molar-refractivity contribution < 1.29 is 14.5 Å². The number of rotatable bonds is 7. The summed E-state index contributed by atoms with van der Waals surface area (Å²) in [5.74, 6) is 0.591. The lowest BCUT2D eigenvalue weighted by Crippen LogP contribution is -2.45. The molecule has 0 aromatic heterocycles. The van der Waals surface area contributed by atoms with Gasteiger partial charge in [0, 0.05) is 56.1 Å². The van der Waals surface area contributed by atoms with Gasteiger partial charge >= 0.3 is 5.69 Å². The van der Waals surface area contributed by atoms with Crippen molar-refractivity contribution in [3.8, 4) is 11.5 Å². The van der Waals surface area contributed by atoms with Crippen LogP contribution in [-0.2, 0) is 6.54 Å². The predicted octanol–water partition coefficient (Wildman–Crippen LogP) is 4.91. The van der Waals surface area contributed by atoms with Gasteiger partial charge in [-0.15, -0.1) is 0 Å². The third-order valence-corrected chi connectivity index (χ3v) is 5.62. The Balaban J connectivity index is 1.47. The Bertz CT molecular complexity index is 1090. The molecule has 1 heterocycles. The minimum atomic E-state index is -0.444. The third-order valence-electron chi connectivity index (χ3n) is 5.62. The first-order valence-electron chi connectivity index (χ1n) is 10.6. The van der Waals surface area contributed by atoms with Gasteiger partial charge in [-0.25, -0.2) is 0 Å². The molecule has 0 saturated carbocycles. The molecule has 0 atom stereocenters. The summed E-state index contributed by atoms with van der Waals surface area (Å²) in [6, 6.07) is 22.0. The number of ketones is 1. The first kappa shape index (κ1) is 21.5. The summed E-state index contributed by atoms with van der Waals surface area (Å²) >= 11 is 0. The summed E-state index contributed by atoms with van der Waals surface area (Å²) in [6.07, 6.45) is 0. The van der Waals surface area contributed by atoms with Gasteiger partial charge in [-0.2, -0.15) is 0 Å². The van der Waals surface area contributed by atoms with Gasteiger partial charge in [0.05, 0.1) is 4.92 Å². The number of carbonyl (C=O) groups is 1. The quantitative estimate of drug-likeness (QED) is 0.301. The fraction of sp³-hybridized carbons (Fsp3) is 0.240. The molecule has 7 nitrogen and oxygen atoms in total. The summed E-state index contributed by atoms with van der Waals surface area (Å²) in [6.45, 7) is 5.89. The molecule has 0 radical (unpaired) electrons. The van der Waals surface area contributed by atoms with Crippen LogP contribution in [0.5, 0.6) is 11.5 Å². The summed E-state index contributed by atoms with van der Waals surface area (Å²) in [7, 11) is 0. The second-order valence-electron chi connectivity index (χ2n) is 7.84. The second-order valence-corrected chi connectivity index (χ2v) is 7.84. The van der Waals surface area contributed by atoms with E-state index in [0.717, 1.165) is 38.4 Å². The first-order valence-corrected chi connectivity index (χ1v) is 10.6. The number of hydrogen-bond acceptors (Lipinski definition) is 6. The molecular weight excluding hydrogens is 406 g/mol. The Labute approximate surface area is 187 Å². The fourth-order valence-electron chi connectivity index (χ4n) is 3.82. The van der Waals surface area contributed by atoms with Crippen LogP contribution in [0.15, 0.2) is 72.8 Å². The molecule has 1 aliphatic rings. The number of anilines is 1. The van der Waals surface area contributed by atoms with Gasteiger partial charge in [0.1, 0.15) is 5.75 Å². The van der Waals surface area contributed by atoms with Gasteiger partial charge in [-0.1, -0.05) is 30.3 Å². The highest BCUT2D eigenvalue weighted by Crippen LogP contribution is 2.35. The average Bonchev–Trinajstić information content (AvgIpc) is 2.80. The van der Waals surface area contributed by atoms with Gasteiger partial charge in [-0.3, -0.25) is 19.8 Å². The van der Waals surface area contributed by atoms with E-state index in [1.807, 2.05) is 6.07 Å². The van der Waals surface area contributed by atoms with Crippen LogP contribution in [0.3, 0.4) is 0 Å². The van der Waals surface area contributed by atoms with Crippen LogP contribution in [0, 0.1) is 10.1 Å². The third kappa shape index (κ3) is 5.12. The van der Waals surface area contributed by atoms with E-state index < -0.39 is 4.92 Å². The van der Waals surface area contributed by atoms with Gasteiger partial charge in [0.2, 0.25) is 5.75 Å². The zero-order valence-corrected chi connectivity index (χ0v) is 17.9. The molecule has 3 aromatic carbocycles. The summed E-state index contributed by atoms with van der Waals surface area (Å²) in [5, 5.41) is 11.5. The molecule has 32 heavy (non-hydrogen) atoms. The largest absolute Gasteiger partial charge is 0.450 e. The molecule has 0 unspecified atom stereocenters. The number of benzene rings is 3. The molecule has 1 fully saturated rings. The second kappa shape index (κ2) is 9.62. The summed E-state index contributed by atoms with van der Waals surface area (Å²) < 4.78 is 5.85. The maximum atomic E-state index is 11.5. The zero-order chi connectivity index (χ0) is 22.5. The van der Waals surface area contributed by atoms with Gasteiger partial charge in [0.25, 0.3) is 0 Å². The van der Waals surface area contributed by atoms with Gasteiger partial charge < -0.3 is 9.64 Å². The van der Waals surface area contributed by atoms with E-state index in [9.17, 15) is 14.9 Å². The number of hydrogen-bond donors (Lipinski definition) is 0. The molecule has 3 aromatic rings. The lowest BCUT2D eigenvalue weighted by molar-refractivity contribution is -0.385. The number of Topliss-reactive ketones (excluding diaryl/α,β-unsaturated/α-hetero) is 1. The highest BCUT2D eigenvalue weighted by molar-refractivity contribution is 5.94. The predicted molar refractivity (Wildman–Crippen MR) is 124 cm³/mol. The van der Waals surface area contributed by atoms with E-state index >= 15 is 0 Å². The molecule has 0 spiro atoms. The van der Waals surface area contributed by atoms with E-state index in [1.165, 1.54) is 18.6 Å². The van der Waals surface area contributed by atoms with Crippen LogP contribution >= 0.6 is 0 Å². The minimum Gasteiger partial charge on any atom is -0.450 e. The molecule has 7 heteroatoms. The van der Waals surface area contributed by atoms with Crippen LogP contribution in [0.4, 0.5) is 11.4 Å². The van der Waals surface area contributed by atoms with Crippen molar-refractivity contribution in [2.75, 3.05) is 31.1 Å². The van der Waals surface area contributed by atoms with Crippen molar-refractivity contribution in [2.45, 2.75) is 13.5 Å². The van der Waals surface area contributed by atoms with Gasteiger partial charge in [-0.05, 0) is 42.8 Å². The van der Waals surface area contributed by atoms with Crippen LogP contribution in [0.25, 0.3) is 0 Å². The molecule has 0 amide bonds. The Hall–Kier alpha value is -3.71. The average molecular weight is 431 g/mol. The fourth-order valence-corrected chi connectivity index (χ4v) is 3.82. The Morgan fingerprint density at radius 2 is 1.66 bits per heavy atom. The number of nitro benzene ring substituents is 1. The molecule has 1 saturated heterocycles. The maximum absolute atomic E-state index is 11.5. The Morgan fingerprint density at radius 3 is 2.28 bits per heavy atom. The molecule has 0 bridgehead atoms. The van der Waals surface area contributed by atoms with E-state index in [2.05, 4.69) is 34.1 Å². The minimum absolute atomic E-state index is 0.0454.